The highest BCUT2D eigenvalue weighted by molar-refractivity contribution is 6.00. The number of aliphatic carboxylic acids is 1. The van der Waals surface area contributed by atoms with E-state index in [1.165, 1.54) is 0 Å². The van der Waals surface area contributed by atoms with Crippen LogP contribution in [0.3, 0.4) is 0 Å². The lowest BCUT2D eigenvalue weighted by Crippen LogP contribution is -2.48. The lowest BCUT2D eigenvalue weighted by molar-refractivity contribution is -0.140. The van der Waals surface area contributed by atoms with E-state index < -0.39 is 17.9 Å². The first kappa shape index (κ1) is 16.2. The Kier molecular flexibility index (Phi) is 4.38. The number of hydrogen-bond acceptors (Lipinski definition) is 2. The Balaban J connectivity index is 2.24. The zero-order chi connectivity index (χ0) is 17.3. The number of carbonyl (C=O) groups excluding carboxylic acids is 1. The highest BCUT2D eigenvalue weighted by Crippen LogP contribution is 2.44. The van der Waals surface area contributed by atoms with Gasteiger partial charge in [0.2, 0.25) is 0 Å². The molecule has 0 saturated heterocycles. The summed E-state index contributed by atoms with van der Waals surface area (Å²) in [6, 6.07) is 16.0. The Labute approximate surface area is 141 Å². The van der Waals surface area contributed by atoms with E-state index in [0.29, 0.717) is 11.1 Å². The van der Waals surface area contributed by atoms with Crippen LogP contribution in [0.2, 0.25) is 0 Å². The molecule has 1 heterocycles. The number of benzene rings is 2. The number of fused-ring (bicyclic) bond motifs is 1. The van der Waals surface area contributed by atoms with E-state index in [1.54, 1.807) is 29.2 Å². The molecular formula is C20H21NO3. The van der Waals surface area contributed by atoms with E-state index >= 15 is 0 Å². The van der Waals surface area contributed by atoms with Crippen molar-refractivity contribution in [2.75, 3.05) is 0 Å². The van der Waals surface area contributed by atoms with Crippen molar-refractivity contribution in [3.05, 3.63) is 71.3 Å². The van der Waals surface area contributed by atoms with Gasteiger partial charge in [0.25, 0.3) is 5.91 Å². The van der Waals surface area contributed by atoms with Gasteiger partial charge in [0.05, 0.1) is 6.04 Å². The molecular weight excluding hydrogens is 302 g/mol. The summed E-state index contributed by atoms with van der Waals surface area (Å²) in [6.07, 6.45) is 0.767. The zero-order valence-corrected chi connectivity index (χ0v) is 13.8. The Bertz CT molecular complexity index is 756. The molecule has 0 saturated carbocycles. The number of hydrogen-bond donors (Lipinski definition) is 1. The van der Waals surface area contributed by atoms with Crippen molar-refractivity contribution in [1.29, 1.82) is 0 Å². The first-order valence-electron chi connectivity index (χ1n) is 8.25. The maximum atomic E-state index is 13.1. The number of carboxylic acid groups (broad SMARTS) is 1. The highest BCUT2D eigenvalue weighted by Gasteiger charge is 2.45. The molecule has 0 fully saturated rings. The van der Waals surface area contributed by atoms with Crippen molar-refractivity contribution in [3.8, 4) is 0 Å². The van der Waals surface area contributed by atoms with E-state index in [0.717, 1.165) is 12.0 Å². The van der Waals surface area contributed by atoms with Crippen LogP contribution in [-0.2, 0) is 4.79 Å². The second kappa shape index (κ2) is 6.48. The summed E-state index contributed by atoms with van der Waals surface area (Å²) in [5, 5.41) is 9.94. The summed E-state index contributed by atoms with van der Waals surface area (Å²) in [6.45, 7) is 3.98. The van der Waals surface area contributed by atoms with Gasteiger partial charge < -0.3 is 10.0 Å². The normalized spacial score (nSPS) is 21.2. The van der Waals surface area contributed by atoms with Crippen molar-refractivity contribution >= 4 is 11.9 Å². The smallest absolute Gasteiger partial charge is 0.313 e. The Morgan fingerprint density at radius 3 is 2.38 bits per heavy atom. The molecule has 4 nitrogen and oxygen atoms in total. The molecule has 0 unspecified atom stereocenters. The fourth-order valence-electron chi connectivity index (χ4n) is 3.50. The standard InChI is InChI=1S/C20H21NO3/c1-3-13(2)21-18(14-9-5-4-6-10-14)17(20(23)24)15-11-7-8-12-16(15)19(21)22/h4-13,17-18H,3H2,1-2H3,(H,23,24)/t13-,17-,18-/m1/s1. The maximum absolute atomic E-state index is 13.1. The fraction of sp³-hybridized carbons (Fsp3) is 0.300. The van der Waals surface area contributed by atoms with E-state index in [9.17, 15) is 14.7 Å². The molecule has 1 aliphatic rings. The summed E-state index contributed by atoms with van der Waals surface area (Å²) in [5.41, 5.74) is 1.95. The largest absolute Gasteiger partial charge is 0.481 e. The molecule has 1 aliphatic heterocycles. The number of nitrogens with zero attached hydrogens (tertiary/aromatic N) is 1. The van der Waals surface area contributed by atoms with Crippen molar-refractivity contribution < 1.29 is 14.7 Å². The number of amides is 1. The minimum atomic E-state index is -0.905. The average Bonchev–Trinajstić information content (AvgIpc) is 2.61. The Morgan fingerprint density at radius 2 is 1.75 bits per heavy atom. The molecule has 3 rings (SSSR count). The van der Waals surface area contributed by atoms with E-state index in [1.807, 2.05) is 44.2 Å². The maximum Gasteiger partial charge on any atom is 0.313 e. The predicted octanol–water partition coefficient (Wildman–Crippen LogP) is 3.85. The first-order valence-corrected chi connectivity index (χ1v) is 8.25. The van der Waals surface area contributed by atoms with Gasteiger partial charge in [-0.05, 0) is 30.5 Å². The van der Waals surface area contributed by atoms with Gasteiger partial charge in [-0.1, -0.05) is 55.5 Å². The van der Waals surface area contributed by atoms with Crippen LogP contribution in [0.4, 0.5) is 0 Å². The Morgan fingerprint density at radius 1 is 1.12 bits per heavy atom. The number of carbonyl (C=O) groups is 2. The number of carboxylic acids is 1. The van der Waals surface area contributed by atoms with Gasteiger partial charge in [-0.3, -0.25) is 9.59 Å². The third kappa shape index (κ3) is 2.58. The first-order chi connectivity index (χ1) is 11.6. The summed E-state index contributed by atoms with van der Waals surface area (Å²) >= 11 is 0. The van der Waals surface area contributed by atoms with Gasteiger partial charge in [-0.15, -0.1) is 0 Å². The van der Waals surface area contributed by atoms with Crippen LogP contribution in [0.15, 0.2) is 54.6 Å². The molecule has 2 aromatic carbocycles. The molecule has 1 N–H and O–H groups in total. The van der Waals surface area contributed by atoms with Crippen LogP contribution in [0.25, 0.3) is 0 Å². The molecule has 4 heteroatoms. The van der Waals surface area contributed by atoms with Crippen LogP contribution in [0.1, 0.15) is 53.7 Å². The topological polar surface area (TPSA) is 57.6 Å². The van der Waals surface area contributed by atoms with Crippen LogP contribution in [0.5, 0.6) is 0 Å². The van der Waals surface area contributed by atoms with Gasteiger partial charge >= 0.3 is 5.97 Å². The molecule has 0 radical (unpaired) electrons. The molecule has 0 spiro atoms. The van der Waals surface area contributed by atoms with Crippen LogP contribution >= 0.6 is 0 Å². The second-order valence-corrected chi connectivity index (χ2v) is 6.23. The lowest BCUT2D eigenvalue weighted by Gasteiger charge is -2.43. The van der Waals surface area contributed by atoms with Crippen molar-refractivity contribution in [2.24, 2.45) is 0 Å². The summed E-state index contributed by atoms with van der Waals surface area (Å²) in [4.78, 5) is 27.0. The SMILES string of the molecule is CC[C@@H](C)N1C(=O)c2ccccc2[C@@H](C(=O)O)[C@H]1c1ccccc1. The van der Waals surface area contributed by atoms with Crippen molar-refractivity contribution in [1.82, 2.24) is 4.90 Å². The average molecular weight is 323 g/mol. The molecule has 24 heavy (non-hydrogen) atoms. The molecule has 0 bridgehead atoms. The van der Waals surface area contributed by atoms with Gasteiger partial charge in [-0.2, -0.15) is 0 Å². The predicted molar refractivity (Wildman–Crippen MR) is 91.9 cm³/mol. The molecule has 1 amide bonds. The molecule has 124 valence electrons. The highest BCUT2D eigenvalue weighted by atomic mass is 16.4. The summed E-state index contributed by atoms with van der Waals surface area (Å²) < 4.78 is 0. The second-order valence-electron chi connectivity index (χ2n) is 6.23. The fourth-order valence-corrected chi connectivity index (χ4v) is 3.50. The van der Waals surface area contributed by atoms with Gasteiger partial charge in [0.15, 0.2) is 0 Å². The minimum absolute atomic E-state index is 0.0436. The third-order valence-corrected chi connectivity index (χ3v) is 4.85. The van der Waals surface area contributed by atoms with Crippen molar-refractivity contribution in [2.45, 2.75) is 38.3 Å². The minimum Gasteiger partial charge on any atom is -0.481 e. The Hall–Kier alpha value is -2.62. The molecule has 0 aliphatic carbocycles. The van der Waals surface area contributed by atoms with Crippen molar-refractivity contribution in [3.63, 3.8) is 0 Å². The molecule has 0 aromatic heterocycles. The summed E-state index contributed by atoms with van der Waals surface area (Å²) in [7, 11) is 0. The molecule has 2 aromatic rings. The van der Waals surface area contributed by atoms with Gasteiger partial charge in [-0.25, -0.2) is 0 Å². The third-order valence-electron chi connectivity index (χ3n) is 4.85. The van der Waals surface area contributed by atoms with Crippen LogP contribution in [-0.4, -0.2) is 27.9 Å². The zero-order valence-electron chi connectivity index (χ0n) is 13.8. The monoisotopic (exact) mass is 323 g/mol. The van der Waals surface area contributed by atoms with Gasteiger partial charge in [0.1, 0.15) is 5.92 Å². The van der Waals surface area contributed by atoms with E-state index in [-0.39, 0.29) is 11.9 Å². The molecule has 3 atom stereocenters. The van der Waals surface area contributed by atoms with E-state index in [2.05, 4.69) is 0 Å². The van der Waals surface area contributed by atoms with Gasteiger partial charge in [0, 0.05) is 11.6 Å². The summed E-state index contributed by atoms with van der Waals surface area (Å²) in [5.74, 6) is -1.77. The number of rotatable bonds is 4. The van der Waals surface area contributed by atoms with Crippen LogP contribution < -0.4 is 0 Å². The quantitative estimate of drug-likeness (QED) is 0.930. The van der Waals surface area contributed by atoms with Crippen LogP contribution in [0, 0.1) is 0 Å². The van der Waals surface area contributed by atoms with E-state index in [4.69, 9.17) is 0 Å². The lowest BCUT2D eigenvalue weighted by atomic mass is 9.79.